The first kappa shape index (κ1) is 14.2. The molecule has 0 aliphatic heterocycles. The number of carbonyl (C=O) groups is 1. The van der Waals surface area contributed by atoms with Crippen molar-refractivity contribution in [3.63, 3.8) is 0 Å². The monoisotopic (exact) mass is 283 g/mol. The van der Waals surface area contributed by atoms with Crippen molar-refractivity contribution in [2.24, 2.45) is 0 Å². The van der Waals surface area contributed by atoms with E-state index in [1.165, 1.54) is 25.1 Å². The van der Waals surface area contributed by atoms with Crippen molar-refractivity contribution in [2.45, 2.75) is 36.6 Å². The summed E-state index contributed by atoms with van der Waals surface area (Å²) in [5.74, 6) is -0.183. The Labute approximate surface area is 112 Å². The fourth-order valence-corrected chi connectivity index (χ4v) is 3.62. The summed E-state index contributed by atoms with van der Waals surface area (Å²) in [6.07, 6.45) is 2.17. The molecule has 0 radical (unpaired) electrons. The van der Waals surface area contributed by atoms with Crippen molar-refractivity contribution >= 4 is 15.8 Å². The predicted octanol–water partition coefficient (Wildman–Crippen LogP) is 1.08. The molecule has 0 heterocycles. The molecule has 0 saturated heterocycles. The Balaban J connectivity index is 2.29. The van der Waals surface area contributed by atoms with Crippen molar-refractivity contribution in [3.05, 3.63) is 29.8 Å². The van der Waals surface area contributed by atoms with Crippen molar-refractivity contribution in [2.75, 3.05) is 6.61 Å². The van der Waals surface area contributed by atoms with Gasteiger partial charge in [0.25, 0.3) is 0 Å². The highest BCUT2D eigenvalue weighted by Gasteiger charge is 2.40. The van der Waals surface area contributed by atoms with Crippen LogP contribution < -0.4 is 4.72 Å². The van der Waals surface area contributed by atoms with E-state index in [1.807, 2.05) is 0 Å². The SMILES string of the molecule is CC(=O)c1cccc(S(=O)(=O)NC2(CO)CCC2)c1. The van der Waals surface area contributed by atoms with Gasteiger partial charge in [0.2, 0.25) is 10.0 Å². The Morgan fingerprint density at radius 2 is 2.11 bits per heavy atom. The van der Waals surface area contributed by atoms with E-state index in [4.69, 9.17) is 0 Å². The third kappa shape index (κ3) is 2.86. The topological polar surface area (TPSA) is 83.5 Å². The number of carbonyl (C=O) groups excluding carboxylic acids is 1. The summed E-state index contributed by atoms with van der Waals surface area (Å²) < 4.78 is 27.0. The molecule has 1 aliphatic carbocycles. The zero-order valence-corrected chi connectivity index (χ0v) is 11.5. The summed E-state index contributed by atoms with van der Waals surface area (Å²) in [5, 5.41) is 9.31. The minimum Gasteiger partial charge on any atom is -0.394 e. The summed E-state index contributed by atoms with van der Waals surface area (Å²) >= 11 is 0. The molecule has 0 spiro atoms. The number of hydrogen-bond acceptors (Lipinski definition) is 4. The second-order valence-corrected chi connectivity index (χ2v) is 6.66. The van der Waals surface area contributed by atoms with Crippen LogP contribution in [0.4, 0.5) is 0 Å². The van der Waals surface area contributed by atoms with Gasteiger partial charge in [0.15, 0.2) is 5.78 Å². The van der Waals surface area contributed by atoms with Crippen LogP contribution in [0, 0.1) is 0 Å². The molecule has 0 bridgehead atoms. The first-order valence-electron chi connectivity index (χ1n) is 6.14. The maximum absolute atomic E-state index is 12.2. The van der Waals surface area contributed by atoms with Gasteiger partial charge in [-0.25, -0.2) is 13.1 Å². The van der Waals surface area contributed by atoms with E-state index in [0.29, 0.717) is 18.4 Å². The Morgan fingerprint density at radius 1 is 1.42 bits per heavy atom. The number of ketones is 1. The minimum absolute atomic E-state index is 0.0555. The van der Waals surface area contributed by atoms with Gasteiger partial charge in [-0.15, -0.1) is 0 Å². The van der Waals surface area contributed by atoms with Gasteiger partial charge >= 0.3 is 0 Å². The lowest BCUT2D eigenvalue weighted by Crippen LogP contribution is -2.55. The molecule has 1 saturated carbocycles. The maximum Gasteiger partial charge on any atom is 0.241 e. The smallest absolute Gasteiger partial charge is 0.241 e. The number of nitrogens with one attached hydrogen (secondary N) is 1. The van der Waals surface area contributed by atoms with Crippen molar-refractivity contribution in [1.82, 2.24) is 4.72 Å². The molecular formula is C13H17NO4S. The van der Waals surface area contributed by atoms with Gasteiger partial charge in [-0.2, -0.15) is 0 Å². The maximum atomic E-state index is 12.2. The molecule has 0 amide bonds. The molecule has 0 aromatic heterocycles. The highest BCUT2D eigenvalue weighted by molar-refractivity contribution is 7.89. The average molecular weight is 283 g/mol. The van der Waals surface area contributed by atoms with E-state index in [1.54, 1.807) is 6.07 Å². The fourth-order valence-electron chi connectivity index (χ4n) is 2.12. The Bertz CT molecular complexity index is 585. The van der Waals surface area contributed by atoms with Crippen LogP contribution in [-0.2, 0) is 10.0 Å². The zero-order chi connectivity index (χ0) is 14.1. The summed E-state index contributed by atoms with van der Waals surface area (Å²) in [4.78, 5) is 11.3. The average Bonchev–Trinajstić information content (AvgIpc) is 2.34. The lowest BCUT2D eigenvalue weighted by atomic mass is 9.78. The summed E-state index contributed by atoms with van der Waals surface area (Å²) in [6, 6.07) is 5.91. The van der Waals surface area contributed by atoms with Crippen LogP contribution in [0.25, 0.3) is 0 Å². The van der Waals surface area contributed by atoms with Crippen molar-refractivity contribution < 1.29 is 18.3 Å². The first-order chi connectivity index (χ1) is 8.88. The molecule has 6 heteroatoms. The van der Waals surface area contributed by atoms with E-state index in [9.17, 15) is 18.3 Å². The lowest BCUT2D eigenvalue weighted by Gasteiger charge is -2.40. The number of benzene rings is 1. The molecule has 5 nitrogen and oxygen atoms in total. The number of Topliss-reactive ketones (excluding diaryl/α,β-unsaturated/α-hetero) is 1. The summed E-state index contributed by atoms with van der Waals surface area (Å²) in [7, 11) is -3.71. The number of hydrogen-bond donors (Lipinski definition) is 2. The quantitative estimate of drug-likeness (QED) is 0.792. The van der Waals surface area contributed by atoms with Gasteiger partial charge in [-0.3, -0.25) is 4.79 Å². The molecule has 1 aromatic rings. The number of aliphatic hydroxyl groups is 1. The molecule has 1 fully saturated rings. The summed E-state index contributed by atoms with van der Waals surface area (Å²) in [5.41, 5.74) is -0.375. The van der Waals surface area contributed by atoms with Crippen LogP contribution in [0.5, 0.6) is 0 Å². The lowest BCUT2D eigenvalue weighted by molar-refractivity contribution is 0.101. The molecule has 19 heavy (non-hydrogen) atoms. The molecular weight excluding hydrogens is 266 g/mol. The van der Waals surface area contributed by atoms with Crippen LogP contribution in [0.3, 0.4) is 0 Å². The van der Waals surface area contributed by atoms with Crippen LogP contribution in [0.15, 0.2) is 29.2 Å². The number of rotatable bonds is 5. The number of aliphatic hydroxyl groups excluding tert-OH is 1. The highest BCUT2D eigenvalue weighted by Crippen LogP contribution is 2.32. The third-order valence-electron chi connectivity index (χ3n) is 3.52. The van der Waals surface area contributed by atoms with E-state index in [0.717, 1.165) is 6.42 Å². The largest absolute Gasteiger partial charge is 0.394 e. The second-order valence-electron chi connectivity index (χ2n) is 4.98. The second kappa shape index (κ2) is 5.03. The Kier molecular flexibility index (Phi) is 3.75. The van der Waals surface area contributed by atoms with Gasteiger partial charge in [-0.05, 0) is 38.3 Å². The molecule has 104 valence electrons. The van der Waals surface area contributed by atoms with Crippen molar-refractivity contribution in [1.29, 1.82) is 0 Å². The Hall–Kier alpha value is -1.24. The van der Waals surface area contributed by atoms with Crippen LogP contribution >= 0.6 is 0 Å². The fraction of sp³-hybridized carbons (Fsp3) is 0.462. The van der Waals surface area contributed by atoms with E-state index in [-0.39, 0.29) is 17.3 Å². The van der Waals surface area contributed by atoms with Crippen LogP contribution in [0.1, 0.15) is 36.5 Å². The first-order valence-corrected chi connectivity index (χ1v) is 7.63. The van der Waals surface area contributed by atoms with Crippen LogP contribution in [0.2, 0.25) is 0 Å². The van der Waals surface area contributed by atoms with E-state index < -0.39 is 15.6 Å². The zero-order valence-electron chi connectivity index (χ0n) is 10.7. The predicted molar refractivity (Wildman–Crippen MR) is 70.4 cm³/mol. The molecule has 0 atom stereocenters. The Morgan fingerprint density at radius 3 is 2.58 bits per heavy atom. The molecule has 2 rings (SSSR count). The summed E-state index contributed by atoms with van der Waals surface area (Å²) in [6.45, 7) is 1.18. The van der Waals surface area contributed by atoms with Gasteiger partial charge in [-0.1, -0.05) is 12.1 Å². The molecule has 0 unspecified atom stereocenters. The van der Waals surface area contributed by atoms with Crippen molar-refractivity contribution in [3.8, 4) is 0 Å². The minimum atomic E-state index is -3.71. The third-order valence-corrected chi connectivity index (χ3v) is 5.09. The van der Waals surface area contributed by atoms with E-state index in [2.05, 4.69) is 4.72 Å². The molecule has 1 aromatic carbocycles. The number of sulfonamides is 1. The van der Waals surface area contributed by atoms with Gasteiger partial charge < -0.3 is 5.11 Å². The standard InChI is InChI=1S/C13H17NO4S/c1-10(16)11-4-2-5-12(8-11)19(17,18)14-13(9-15)6-3-7-13/h2,4-5,8,14-15H,3,6-7,9H2,1H3. The van der Waals surface area contributed by atoms with Gasteiger partial charge in [0.1, 0.15) is 0 Å². The van der Waals surface area contributed by atoms with Gasteiger partial charge in [0, 0.05) is 5.56 Å². The van der Waals surface area contributed by atoms with Crippen LogP contribution in [-0.4, -0.2) is 31.5 Å². The molecule has 1 aliphatic rings. The highest BCUT2D eigenvalue weighted by atomic mass is 32.2. The van der Waals surface area contributed by atoms with E-state index >= 15 is 0 Å². The van der Waals surface area contributed by atoms with Gasteiger partial charge in [0.05, 0.1) is 17.0 Å². The normalized spacial score (nSPS) is 17.8. The molecule has 2 N–H and O–H groups in total.